The molecule has 0 bridgehead atoms. The van der Waals surface area contributed by atoms with Gasteiger partial charge in [0.2, 0.25) is 0 Å². The lowest BCUT2D eigenvalue weighted by molar-refractivity contribution is 0.0982. The molecule has 31 heavy (non-hydrogen) atoms. The Morgan fingerprint density at radius 1 is 1.10 bits per heavy atom. The summed E-state index contributed by atoms with van der Waals surface area (Å²) in [5, 5.41) is 0.488. The van der Waals surface area contributed by atoms with Crippen molar-refractivity contribution in [1.29, 1.82) is 0 Å². The van der Waals surface area contributed by atoms with Crippen LogP contribution >= 0.6 is 23.7 Å². The number of thiazole rings is 1. The van der Waals surface area contributed by atoms with Gasteiger partial charge in [-0.15, -0.1) is 12.4 Å². The standard InChI is InChI=1S/C22H24FN3O3S.ClH/c1-3-25(4-2)10-11-26(22-24-20-16(23)6-5-7-19(20)30-22)21(27)15-8-9-17-18(14-15)29-13-12-28-17;/h5-9,14H,3-4,10-13H2,1-2H3;1H. The van der Waals surface area contributed by atoms with Crippen LogP contribution < -0.4 is 14.4 Å². The highest BCUT2D eigenvalue weighted by Crippen LogP contribution is 2.34. The summed E-state index contributed by atoms with van der Waals surface area (Å²) in [6, 6.07) is 10.0. The largest absolute Gasteiger partial charge is 0.486 e. The van der Waals surface area contributed by atoms with Crippen LogP contribution in [0.15, 0.2) is 36.4 Å². The molecule has 0 radical (unpaired) electrons. The minimum atomic E-state index is -0.384. The number of nitrogens with zero attached hydrogens (tertiary/aromatic N) is 3. The number of anilines is 1. The number of halogens is 2. The molecule has 0 unspecified atom stereocenters. The summed E-state index contributed by atoms with van der Waals surface area (Å²) >= 11 is 1.32. The topological polar surface area (TPSA) is 54.9 Å². The quantitative estimate of drug-likeness (QED) is 0.509. The second-order valence-corrected chi connectivity index (χ2v) is 7.93. The van der Waals surface area contributed by atoms with Gasteiger partial charge in [0.25, 0.3) is 5.91 Å². The van der Waals surface area contributed by atoms with Crippen LogP contribution in [0.2, 0.25) is 0 Å². The second-order valence-electron chi connectivity index (χ2n) is 6.93. The maximum Gasteiger partial charge on any atom is 0.260 e. The molecule has 1 aromatic heterocycles. The van der Waals surface area contributed by atoms with E-state index in [2.05, 4.69) is 23.7 Å². The zero-order valence-corrected chi connectivity index (χ0v) is 19.1. The van der Waals surface area contributed by atoms with Crippen LogP contribution in [0.1, 0.15) is 24.2 Å². The molecule has 4 rings (SSSR count). The molecule has 6 nitrogen and oxygen atoms in total. The van der Waals surface area contributed by atoms with Crippen LogP contribution in [0.4, 0.5) is 9.52 Å². The van der Waals surface area contributed by atoms with E-state index in [9.17, 15) is 9.18 Å². The third-order valence-electron chi connectivity index (χ3n) is 5.16. The van der Waals surface area contributed by atoms with E-state index in [4.69, 9.17) is 9.47 Å². The fourth-order valence-electron chi connectivity index (χ4n) is 3.42. The average Bonchev–Trinajstić information content (AvgIpc) is 3.21. The van der Waals surface area contributed by atoms with Gasteiger partial charge >= 0.3 is 0 Å². The Hall–Kier alpha value is -2.42. The van der Waals surface area contributed by atoms with E-state index in [1.807, 2.05) is 6.07 Å². The van der Waals surface area contributed by atoms with Crippen molar-refractivity contribution in [2.75, 3.05) is 44.3 Å². The lowest BCUT2D eigenvalue weighted by Crippen LogP contribution is -2.39. The molecule has 166 valence electrons. The predicted octanol–water partition coefficient (Wildman–Crippen LogP) is 4.62. The first-order valence-electron chi connectivity index (χ1n) is 10.1. The molecule has 0 fully saturated rings. The van der Waals surface area contributed by atoms with Gasteiger partial charge in [0.15, 0.2) is 16.6 Å². The van der Waals surface area contributed by atoms with Crippen LogP contribution in [-0.4, -0.2) is 55.2 Å². The van der Waals surface area contributed by atoms with E-state index in [-0.39, 0.29) is 24.1 Å². The maximum atomic E-state index is 14.2. The van der Waals surface area contributed by atoms with Gasteiger partial charge in [0.1, 0.15) is 24.5 Å². The fourth-order valence-corrected chi connectivity index (χ4v) is 4.42. The van der Waals surface area contributed by atoms with Gasteiger partial charge in [-0.05, 0) is 43.4 Å². The van der Waals surface area contributed by atoms with Gasteiger partial charge in [-0.1, -0.05) is 31.3 Å². The SMILES string of the molecule is CCN(CC)CCN(C(=O)c1ccc2c(c1)OCCO2)c1nc2c(F)cccc2s1.Cl. The fraction of sp³-hybridized carbons (Fsp3) is 0.364. The number of rotatable bonds is 7. The summed E-state index contributed by atoms with van der Waals surface area (Å²) in [5.41, 5.74) is 0.777. The minimum Gasteiger partial charge on any atom is -0.486 e. The number of likely N-dealkylation sites (N-methyl/N-ethyl adjacent to an activating group) is 1. The van der Waals surface area contributed by atoms with Crippen LogP contribution in [0.3, 0.4) is 0 Å². The number of amides is 1. The van der Waals surface area contributed by atoms with Gasteiger partial charge in [-0.3, -0.25) is 9.69 Å². The molecular formula is C22H25ClFN3O3S. The van der Waals surface area contributed by atoms with Gasteiger partial charge < -0.3 is 14.4 Å². The Kier molecular flexibility index (Phi) is 7.69. The molecule has 1 aliphatic heterocycles. The van der Waals surface area contributed by atoms with Crippen molar-refractivity contribution >= 4 is 45.0 Å². The molecule has 0 saturated carbocycles. The molecule has 0 spiro atoms. The van der Waals surface area contributed by atoms with Crippen molar-refractivity contribution in [2.45, 2.75) is 13.8 Å². The summed E-state index contributed by atoms with van der Waals surface area (Å²) in [6.45, 7) is 8.04. The number of hydrogen-bond donors (Lipinski definition) is 0. The average molecular weight is 466 g/mol. The number of hydrogen-bond acceptors (Lipinski definition) is 6. The Balaban J connectivity index is 0.00000272. The van der Waals surface area contributed by atoms with E-state index in [0.29, 0.717) is 58.7 Å². The van der Waals surface area contributed by atoms with E-state index < -0.39 is 0 Å². The smallest absolute Gasteiger partial charge is 0.260 e. The summed E-state index contributed by atoms with van der Waals surface area (Å²) in [7, 11) is 0. The number of benzene rings is 2. The highest BCUT2D eigenvalue weighted by molar-refractivity contribution is 7.22. The number of carbonyl (C=O) groups excluding carboxylic acids is 1. The molecule has 0 N–H and O–H groups in total. The van der Waals surface area contributed by atoms with Crippen molar-refractivity contribution in [3.8, 4) is 11.5 Å². The van der Waals surface area contributed by atoms with Crippen molar-refractivity contribution < 1.29 is 18.7 Å². The monoisotopic (exact) mass is 465 g/mol. The number of ether oxygens (including phenoxy) is 2. The normalized spacial score (nSPS) is 12.6. The van der Waals surface area contributed by atoms with Gasteiger partial charge in [-0.2, -0.15) is 0 Å². The third kappa shape index (κ3) is 4.92. The molecule has 2 heterocycles. The number of fused-ring (bicyclic) bond motifs is 2. The first-order valence-corrected chi connectivity index (χ1v) is 10.9. The number of carbonyl (C=O) groups is 1. The molecule has 1 amide bonds. The number of para-hydroxylation sites is 1. The van der Waals surface area contributed by atoms with Crippen molar-refractivity contribution in [2.24, 2.45) is 0 Å². The highest BCUT2D eigenvalue weighted by atomic mass is 35.5. The van der Waals surface area contributed by atoms with Gasteiger partial charge in [-0.25, -0.2) is 9.37 Å². The lowest BCUT2D eigenvalue weighted by atomic mass is 10.1. The van der Waals surface area contributed by atoms with Crippen molar-refractivity contribution in [3.63, 3.8) is 0 Å². The summed E-state index contributed by atoms with van der Waals surface area (Å²) in [5.74, 6) is 0.616. The Bertz CT molecular complexity index is 1060. The molecule has 1 aliphatic rings. The van der Waals surface area contributed by atoms with Crippen molar-refractivity contribution in [1.82, 2.24) is 9.88 Å². The van der Waals surface area contributed by atoms with E-state index >= 15 is 0 Å². The van der Waals surface area contributed by atoms with Crippen LogP contribution in [-0.2, 0) is 0 Å². The Labute approximate surface area is 191 Å². The van der Waals surface area contributed by atoms with E-state index in [0.717, 1.165) is 13.1 Å². The third-order valence-corrected chi connectivity index (χ3v) is 6.20. The summed E-state index contributed by atoms with van der Waals surface area (Å²) < 4.78 is 26.1. The molecular weight excluding hydrogens is 441 g/mol. The van der Waals surface area contributed by atoms with Gasteiger partial charge in [0.05, 0.1) is 4.70 Å². The summed E-state index contributed by atoms with van der Waals surface area (Å²) in [4.78, 5) is 21.8. The zero-order valence-electron chi connectivity index (χ0n) is 17.5. The molecule has 3 aromatic rings. The number of aromatic nitrogens is 1. The first-order chi connectivity index (χ1) is 14.6. The van der Waals surface area contributed by atoms with E-state index in [1.54, 1.807) is 29.2 Å². The highest BCUT2D eigenvalue weighted by Gasteiger charge is 2.24. The van der Waals surface area contributed by atoms with Crippen LogP contribution in [0, 0.1) is 5.82 Å². The molecule has 0 atom stereocenters. The Morgan fingerprint density at radius 2 is 1.84 bits per heavy atom. The van der Waals surface area contributed by atoms with Crippen LogP contribution in [0.5, 0.6) is 11.5 Å². The minimum absolute atomic E-state index is 0. The van der Waals surface area contributed by atoms with Crippen molar-refractivity contribution in [3.05, 3.63) is 47.8 Å². The lowest BCUT2D eigenvalue weighted by Gasteiger charge is -2.25. The molecule has 9 heteroatoms. The zero-order chi connectivity index (χ0) is 21.1. The first kappa shape index (κ1) is 23.2. The van der Waals surface area contributed by atoms with Gasteiger partial charge in [0, 0.05) is 18.7 Å². The predicted molar refractivity (Wildman–Crippen MR) is 124 cm³/mol. The van der Waals surface area contributed by atoms with E-state index in [1.165, 1.54) is 17.4 Å². The Morgan fingerprint density at radius 3 is 2.55 bits per heavy atom. The second kappa shape index (κ2) is 10.3. The van der Waals surface area contributed by atoms with Crippen LogP contribution in [0.25, 0.3) is 10.2 Å². The molecule has 0 saturated heterocycles. The summed E-state index contributed by atoms with van der Waals surface area (Å²) in [6.07, 6.45) is 0. The molecule has 0 aliphatic carbocycles. The maximum absolute atomic E-state index is 14.2. The molecule has 2 aromatic carbocycles.